The summed E-state index contributed by atoms with van der Waals surface area (Å²) in [6.07, 6.45) is 2.94. The minimum absolute atomic E-state index is 0.0185. The first kappa shape index (κ1) is 28.9. The van der Waals surface area contributed by atoms with Crippen molar-refractivity contribution in [3.05, 3.63) is 0 Å². The van der Waals surface area contributed by atoms with E-state index in [0.29, 0.717) is 0 Å². The number of carboxylic acids is 3. The van der Waals surface area contributed by atoms with Crippen LogP contribution in [0.2, 0.25) is 0 Å². The highest BCUT2D eigenvalue weighted by Crippen LogP contribution is 2.29. The van der Waals surface area contributed by atoms with E-state index in [1.807, 2.05) is 0 Å². The third kappa shape index (κ3) is 20.3. The zero-order valence-electron chi connectivity index (χ0n) is 15.8. The quantitative estimate of drug-likeness (QED) is 0.235. The number of hydrogen-bond acceptors (Lipinski definition) is 8. The van der Waals surface area contributed by atoms with Crippen LogP contribution in [-0.4, -0.2) is 90.7 Å². The molecule has 8 N–H and O–H groups in total. The second-order valence-electron chi connectivity index (χ2n) is 6.44. The third-order valence-corrected chi connectivity index (χ3v) is 3.60. The Morgan fingerprint density at radius 2 is 0.862 bits per heavy atom. The van der Waals surface area contributed by atoms with Crippen LogP contribution in [0.15, 0.2) is 0 Å². The molecule has 3 aliphatic rings. The van der Waals surface area contributed by atoms with Gasteiger partial charge in [0, 0.05) is 0 Å². The Balaban J connectivity index is 0. The Morgan fingerprint density at radius 1 is 0.690 bits per heavy atom. The SMILES string of the molecule is O=C(O)C1CC1.O=C(O)C1CC1.O=C(O)C1CC1.O=CO.OCC(O)C(O)CO. The Morgan fingerprint density at radius 3 is 0.897 bits per heavy atom. The van der Waals surface area contributed by atoms with E-state index in [1.54, 1.807) is 0 Å². The molecule has 3 saturated carbocycles. The molecule has 3 fully saturated rings. The van der Waals surface area contributed by atoms with Gasteiger partial charge in [0.15, 0.2) is 0 Å². The number of carbonyl (C=O) groups is 4. The molecule has 170 valence electrons. The molecule has 12 heteroatoms. The molecule has 29 heavy (non-hydrogen) atoms. The molecule has 2 atom stereocenters. The fourth-order valence-electron chi connectivity index (χ4n) is 1.23. The van der Waals surface area contributed by atoms with Crippen molar-refractivity contribution in [3.8, 4) is 0 Å². The Kier molecular flexibility index (Phi) is 16.6. The minimum atomic E-state index is -1.22. The highest BCUT2D eigenvalue weighted by molar-refractivity contribution is 5.73. The maximum absolute atomic E-state index is 9.76. The summed E-state index contributed by atoms with van der Waals surface area (Å²) in [4.78, 5) is 37.6. The van der Waals surface area contributed by atoms with Crippen LogP contribution in [0.4, 0.5) is 0 Å². The molecule has 0 bridgehead atoms. The van der Waals surface area contributed by atoms with Crippen LogP contribution in [0.3, 0.4) is 0 Å². The molecule has 0 spiro atoms. The molecule has 0 amide bonds. The summed E-state index contributed by atoms with van der Waals surface area (Å²) in [7, 11) is 0. The lowest BCUT2D eigenvalue weighted by molar-refractivity contribution is -0.139. The van der Waals surface area contributed by atoms with E-state index in [4.69, 9.17) is 45.6 Å². The second kappa shape index (κ2) is 16.7. The van der Waals surface area contributed by atoms with Gasteiger partial charge in [0.2, 0.25) is 0 Å². The lowest BCUT2D eigenvalue weighted by Gasteiger charge is -2.10. The molecule has 0 radical (unpaired) electrons. The predicted molar refractivity (Wildman–Crippen MR) is 96.0 cm³/mol. The number of aliphatic carboxylic acids is 3. The number of aliphatic hydroxyl groups is 4. The van der Waals surface area contributed by atoms with Crippen molar-refractivity contribution in [2.24, 2.45) is 17.8 Å². The second-order valence-corrected chi connectivity index (χ2v) is 6.44. The average Bonchev–Trinajstić information content (AvgIpc) is 3.55. The van der Waals surface area contributed by atoms with Crippen LogP contribution in [-0.2, 0) is 19.2 Å². The van der Waals surface area contributed by atoms with Crippen molar-refractivity contribution in [3.63, 3.8) is 0 Å². The Hall–Kier alpha value is -2.28. The topological polar surface area (TPSA) is 230 Å². The zero-order chi connectivity index (χ0) is 23.0. The van der Waals surface area contributed by atoms with E-state index in [9.17, 15) is 14.4 Å². The number of hydrogen-bond donors (Lipinski definition) is 8. The average molecular weight is 426 g/mol. The van der Waals surface area contributed by atoms with Gasteiger partial charge in [0.25, 0.3) is 6.47 Å². The first-order valence-electron chi connectivity index (χ1n) is 8.89. The molecule has 3 aliphatic carbocycles. The van der Waals surface area contributed by atoms with E-state index in [-0.39, 0.29) is 24.2 Å². The fourth-order valence-corrected chi connectivity index (χ4v) is 1.23. The van der Waals surface area contributed by atoms with Gasteiger partial charge < -0.3 is 40.9 Å². The smallest absolute Gasteiger partial charge is 0.306 e. The molecule has 0 aromatic carbocycles. The number of aliphatic hydroxyl groups excluding tert-OH is 4. The van der Waals surface area contributed by atoms with E-state index >= 15 is 0 Å². The van der Waals surface area contributed by atoms with Gasteiger partial charge in [-0.2, -0.15) is 0 Å². The van der Waals surface area contributed by atoms with E-state index in [0.717, 1.165) is 38.5 Å². The monoisotopic (exact) mass is 426 g/mol. The molecule has 0 heterocycles. The minimum Gasteiger partial charge on any atom is -0.483 e. The number of carboxylic acid groups (broad SMARTS) is 4. The van der Waals surface area contributed by atoms with Crippen LogP contribution < -0.4 is 0 Å². The van der Waals surface area contributed by atoms with Crippen LogP contribution in [0, 0.1) is 17.8 Å². The Labute approximate surface area is 167 Å². The van der Waals surface area contributed by atoms with E-state index in [1.165, 1.54) is 0 Å². The third-order valence-electron chi connectivity index (χ3n) is 3.60. The molecule has 3 rings (SSSR count). The first-order chi connectivity index (χ1) is 13.5. The molecular weight excluding hydrogens is 396 g/mol. The van der Waals surface area contributed by atoms with Crippen LogP contribution in [0.5, 0.6) is 0 Å². The maximum Gasteiger partial charge on any atom is 0.306 e. The van der Waals surface area contributed by atoms with Crippen LogP contribution >= 0.6 is 0 Å². The van der Waals surface area contributed by atoms with E-state index in [2.05, 4.69) is 0 Å². The first-order valence-corrected chi connectivity index (χ1v) is 8.89. The summed E-state index contributed by atoms with van der Waals surface area (Å²) in [6, 6.07) is 0. The summed E-state index contributed by atoms with van der Waals surface area (Å²) in [5.41, 5.74) is 0. The Bertz CT molecular complexity index is 423. The molecule has 0 saturated heterocycles. The molecule has 2 unspecified atom stereocenters. The van der Waals surface area contributed by atoms with E-state index < -0.39 is 43.3 Å². The van der Waals surface area contributed by atoms with Gasteiger partial charge in [-0.15, -0.1) is 0 Å². The van der Waals surface area contributed by atoms with Crippen molar-refractivity contribution in [2.75, 3.05) is 13.2 Å². The van der Waals surface area contributed by atoms with Gasteiger partial charge in [-0.25, -0.2) is 0 Å². The maximum atomic E-state index is 9.76. The lowest BCUT2D eigenvalue weighted by atomic mass is 10.2. The van der Waals surface area contributed by atoms with Crippen molar-refractivity contribution in [1.82, 2.24) is 0 Å². The van der Waals surface area contributed by atoms with Crippen molar-refractivity contribution >= 4 is 24.4 Å². The summed E-state index contributed by atoms with van der Waals surface area (Å²) in [5.74, 6) is -1.83. The number of rotatable bonds is 6. The summed E-state index contributed by atoms with van der Waals surface area (Å²) < 4.78 is 0. The zero-order valence-corrected chi connectivity index (χ0v) is 15.8. The van der Waals surface area contributed by atoms with Gasteiger partial charge in [0.1, 0.15) is 12.2 Å². The van der Waals surface area contributed by atoms with Gasteiger partial charge in [-0.3, -0.25) is 19.2 Å². The standard InChI is InChI=1S/C4H10O4.3C4H6O2.CH2O2/c5-1-3(7)4(8)2-6;3*5-4(6)3-1-2-3;2-1-3/h3-8H,1-2H2;3*3H,1-2H2,(H,5,6);1H,(H,2,3). The lowest BCUT2D eigenvalue weighted by Crippen LogP contribution is -2.31. The van der Waals surface area contributed by atoms with Crippen molar-refractivity contribution in [2.45, 2.75) is 50.7 Å². The van der Waals surface area contributed by atoms with Crippen molar-refractivity contribution in [1.29, 1.82) is 0 Å². The highest BCUT2D eigenvalue weighted by atomic mass is 16.4. The molecule has 0 aromatic rings. The fraction of sp³-hybridized carbons (Fsp3) is 0.765. The highest BCUT2D eigenvalue weighted by Gasteiger charge is 2.29. The van der Waals surface area contributed by atoms with Gasteiger partial charge in [-0.1, -0.05) is 0 Å². The van der Waals surface area contributed by atoms with Gasteiger partial charge in [-0.05, 0) is 38.5 Å². The molecule has 0 aliphatic heterocycles. The van der Waals surface area contributed by atoms with Crippen LogP contribution in [0.1, 0.15) is 38.5 Å². The van der Waals surface area contributed by atoms with Crippen molar-refractivity contribution < 1.29 is 60.0 Å². The molecular formula is C17H30O12. The summed E-state index contributed by atoms with van der Waals surface area (Å²) in [6.45, 7) is -1.30. The summed E-state index contributed by atoms with van der Waals surface area (Å²) >= 11 is 0. The summed E-state index contributed by atoms with van der Waals surface area (Å²) in [5, 5.41) is 64.2. The largest absolute Gasteiger partial charge is 0.483 e. The normalized spacial score (nSPS) is 18.2. The molecule has 0 aromatic heterocycles. The van der Waals surface area contributed by atoms with Gasteiger partial charge in [0.05, 0.1) is 31.0 Å². The predicted octanol–water partition coefficient (Wildman–Crippen LogP) is -1.16. The van der Waals surface area contributed by atoms with Crippen LogP contribution in [0.25, 0.3) is 0 Å². The molecule has 12 nitrogen and oxygen atoms in total. The van der Waals surface area contributed by atoms with Gasteiger partial charge >= 0.3 is 17.9 Å².